The highest BCUT2D eigenvalue weighted by Gasteiger charge is 2.27. The van der Waals surface area contributed by atoms with Gasteiger partial charge in [-0.15, -0.1) is 0 Å². The summed E-state index contributed by atoms with van der Waals surface area (Å²) in [5, 5.41) is 3.00. The molecule has 2 heterocycles. The van der Waals surface area contributed by atoms with Crippen molar-refractivity contribution in [3.63, 3.8) is 0 Å². The van der Waals surface area contributed by atoms with Gasteiger partial charge >= 0.3 is 0 Å². The van der Waals surface area contributed by atoms with Crippen molar-refractivity contribution in [3.8, 4) is 11.5 Å². The Balaban J connectivity index is 1.93. The average Bonchev–Trinajstić information content (AvgIpc) is 2.64. The molecule has 4 aromatic rings. The van der Waals surface area contributed by atoms with Crippen molar-refractivity contribution in [2.45, 2.75) is 19.4 Å². The molecule has 0 amide bonds. The van der Waals surface area contributed by atoms with Crippen molar-refractivity contribution in [2.24, 2.45) is 0 Å². The van der Waals surface area contributed by atoms with E-state index in [9.17, 15) is 4.79 Å². The molecule has 0 N–H and O–H groups in total. The van der Waals surface area contributed by atoms with Crippen molar-refractivity contribution < 1.29 is 13.9 Å². The smallest absolute Gasteiger partial charge is 0.204 e. The van der Waals surface area contributed by atoms with E-state index in [2.05, 4.69) is 0 Å². The van der Waals surface area contributed by atoms with E-state index in [1.54, 1.807) is 13.2 Å². The number of fused-ring (bicyclic) bond motifs is 4. The second-order valence-electron chi connectivity index (χ2n) is 7.36. The first-order valence-corrected chi connectivity index (χ1v) is 8.85. The molecule has 0 atom stereocenters. The molecule has 0 fully saturated rings. The Kier molecular flexibility index (Phi) is 3.17. The van der Waals surface area contributed by atoms with E-state index in [4.69, 9.17) is 13.9 Å². The highest BCUT2D eigenvalue weighted by molar-refractivity contribution is 6.02. The molecule has 5 rings (SSSR count). The van der Waals surface area contributed by atoms with Gasteiger partial charge in [0.2, 0.25) is 5.43 Å². The highest BCUT2D eigenvalue weighted by Crippen LogP contribution is 2.42. The van der Waals surface area contributed by atoms with Crippen molar-refractivity contribution >= 4 is 38.8 Å². The maximum absolute atomic E-state index is 13.3. The van der Waals surface area contributed by atoms with Gasteiger partial charge in [0.25, 0.3) is 0 Å². The summed E-state index contributed by atoms with van der Waals surface area (Å²) in [5.41, 5.74) is 1.24. The van der Waals surface area contributed by atoms with E-state index in [0.717, 1.165) is 16.3 Å². The molecule has 4 nitrogen and oxygen atoms in total. The lowest BCUT2D eigenvalue weighted by atomic mass is 9.99. The highest BCUT2D eigenvalue weighted by atomic mass is 16.5. The summed E-state index contributed by atoms with van der Waals surface area (Å²) in [4.78, 5) is 13.3. The first kappa shape index (κ1) is 15.9. The average molecular weight is 358 g/mol. The molecule has 1 aliphatic heterocycles. The molecule has 0 radical (unpaired) electrons. The maximum atomic E-state index is 13.3. The number of benzene rings is 3. The van der Waals surface area contributed by atoms with E-state index in [-0.39, 0.29) is 5.43 Å². The molecule has 0 aliphatic carbocycles. The molecule has 0 bridgehead atoms. The van der Waals surface area contributed by atoms with Crippen molar-refractivity contribution in [1.82, 2.24) is 0 Å². The van der Waals surface area contributed by atoms with Gasteiger partial charge in [-0.05, 0) is 48.9 Å². The fourth-order valence-corrected chi connectivity index (χ4v) is 3.71. The molecule has 0 saturated heterocycles. The van der Waals surface area contributed by atoms with Crippen LogP contribution in [-0.4, -0.2) is 12.7 Å². The molecule has 1 aromatic heterocycles. The summed E-state index contributed by atoms with van der Waals surface area (Å²) in [6.45, 7) is 3.96. The van der Waals surface area contributed by atoms with Gasteiger partial charge < -0.3 is 13.9 Å². The Morgan fingerprint density at radius 2 is 1.74 bits per heavy atom. The Hall–Kier alpha value is -3.27. The number of methoxy groups -OCH3 is 1. The first-order valence-electron chi connectivity index (χ1n) is 8.85. The Labute approximate surface area is 155 Å². The molecular formula is C23H18O4. The number of rotatable bonds is 1. The Morgan fingerprint density at radius 3 is 2.48 bits per heavy atom. The normalized spacial score (nSPS) is 15.1. The van der Waals surface area contributed by atoms with Crippen LogP contribution in [0.1, 0.15) is 19.4 Å². The van der Waals surface area contributed by atoms with E-state index in [0.29, 0.717) is 33.4 Å². The van der Waals surface area contributed by atoms with Crippen LogP contribution in [0.15, 0.2) is 57.8 Å². The SMILES string of the molecule is COc1c2c(cc3oc4cc5ccccc5cc4c(=O)c13)OC(C)(C)C=C2. The minimum Gasteiger partial charge on any atom is -0.495 e. The van der Waals surface area contributed by atoms with Gasteiger partial charge in [-0.2, -0.15) is 0 Å². The van der Waals surface area contributed by atoms with Gasteiger partial charge in [-0.3, -0.25) is 4.79 Å². The molecule has 134 valence electrons. The van der Waals surface area contributed by atoms with E-state index >= 15 is 0 Å². The van der Waals surface area contributed by atoms with Gasteiger partial charge in [0.15, 0.2) is 0 Å². The standard InChI is InChI=1S/C23H18O4/c1-23(2)9-8-15-18(27-23)12-19-20(22(15)25-3)21(24)16-10-13-6-4-5-7-14(13)11-17(16)26-19/h4-12H,1-3H3. The summed E-state index contributed by atoms with van der Waals surface area (Å²) in [6, 6.07) is 13.5. The minimum absolute atomic E-state index is 0.102. The van der Waals surface area contributed by atoms with Crippen LogP contribution in [0.25, 0.3) is 38.8 Å². The lowest BCUT2D eigenvalue weighted by Gasteiger charge is -2.28. The predicted molar refractivity (Wildman–Crippen MR) is 108 cm³/mol. The Bertz CT molecular complexity index is 1330. The van der Waals surface area contributed by atoms with Crippen LogP contribution in [0.3, 0.4) is 0 Å². The minimum atomic E-state index is -0.432. The maximum Gasteiger partial charge on any atom is 0.204 e. The van der Waals surface area contributed by atoms with Crippen LogP contribution in [-0.2, 0) is 0 Å². The molecule has 0 unspecified atom stereocenters. The molecule has 1 aliphatic rings. The molecule has 0 saturated carbocycles. The monoisotopic (exact) mass is 358 g/mol. The van der Waals surface area contributed by atoms with Gasteiger partial charge in [0, 0.05) is 6.07 Å². The van der Waals surface area contributed by atoms with E-state index < -0.39 is 5.60 Å². The largest absolute Gasteiger partial charge is 0.495 e. The van der Waals surface area contributed by atoms with E-state index in [1.807, 2.05) is 62.4 Å². The first-order chi connectivity index (χ1) is 13.0. The zero-order chi connectivity index (χ0) is 18.8. The third-order valence-electron chi connectivity index (χ3n) is 5.01. The number of hydrogen-bond acceptors (Lipinski definition) is 4. The van der Waals surface area contributed by atoms with Crippen LogP contribution in [0, 0.1) is 0 Å². The fourth-order valence-electron chi connectivity index (χ4n) is 3.71. The molecular weight excluding hydrogens is 340 g/mol. The zero-order valence-electron chi connectivity index (χ0n) is 15.3. The lowest BCUT2D eigenvalue weighted by molar-refractivity contribution is 0.158. The predicted octanol–water partition coefficient (Wildman–Crippen LogP) is 5.29. The molecule has 4 heteroatoms. The summed E-state index contributed by atoms with van der Waals surface area (Å²) in [6.07, 6.45) is 3.90. The van der Waals surface area contributed by atoms with Gasteiger partial charge in [-0.1, -0.05) is 24.3 Å². The van der Waals surface area contributed by atoms with Crippen molar-refractivity contribution in [3.05, 3.63) is 64.3 Å². The van der Waals surface area contributed by atoms with Crippen LogP contribution < -0.4 is 14.9 Å². The third kappa shape index (κ3) is 2.33. The van der Waals surface area contributed by atoms with Crippen LogP contribution in [0.5, 0.6) is 11.5 Å². The molecule has 27 heavy (non-hydrogen) atoms. The summed E-state index contributed by atoms with van der Waals surface area (Å²) in [5.74, 6) is 1.13. The third-order valence-corrected chi connectivity index (χ3v) is 5.01. The number of ether oxygens (including phenoxy) is 2. The topological polar surface area (TPSA) is 48.7 Å². The quantitative estimate of drug-likeness (QED) is 0.434. The number of hydrogen-bond donors (Lipinski definition) is 0. The van der Waals surface area contributed by atoms with Gasteiger partial charge in [0.1, 0.15) is 33.7 Å². The van der Waals surface area contributed by atoms with Gasteiger partial charge in [-0.25, -0.2) is 0 Å². The summed E-state index contributed by atoms with van der Waals surface area (Å²) in [7, 11) is 1.56. The molecule has 3 aromatic carbocycles. The second kappa shape index (κ2) is 5.36. The second-order valence-corrected chi connectivity index (χ2v) is 7.36. The summed E-state index contributed by atoms with van der Waals surface area (Å²) >= 11 is 0. The zero-order valence-corrected chi connectivity index (χ0v) is 15.3. The van der Waals surface area contributed by atoms with Crippen LogP contribution in [0.4, 0.5) is 0 Å². The summed E-state index contributed by atoms with van der Waals surface area (Å²) < 4.78 is 17.8. The van der Waals surface area contributed by atoms with Crippen molar-refractivity contribution in [1.29, 1.82) is 0 Å². The van der Waals surface area contributed by atoms with Crippen LogP contribution in [0.2, 0.25) is 0 Å². The van der Waals surface area contributed by atoms with Crippen molar-refractivity contribution in [2.75, 3.05) is 7.11 Å². The van der Waals surface area contributed by atoms with Crippen LogP contribution >= 0.6 is 0 Å². The molecule has 0 spiro atoms. The Morgan fingerprint density at radius 1 is 1.00 bits per heavy atom. The van der Waals surface area contributed by atoms with E-state index in [1.165, 1.54) is 0 Å². The lowest BCUT2D eigenvalue weighted by Crippen LogP contribution is -2.27. The van der Waals surface area contributed by atoms with Gasteiger partial charge in [0.05, 0.1) is 18.1 Å². The fraction of sp³-hybridized carbons (Fsp3) is 0.174.